The number of aryl methyl sites for hydroxylation is 1. The number of ether oxygens (including phenoxy) is 1. The summed E-state index contributed by atoms with van der Waals surface area (Å²) in [5, 5.41) is 3.58. The van der Waals surface area contributed by atoms with Crippen LogP contribution in [0.3, 0.4) is 0 Å². The van der Waals surface area contributed by atoms with Crippen LogP contribution in [-0.2, 0) is 11.2 Å². The van der Waals surface area contributed by atoms with Gasteiger partial charge in [0.2, 0.25) is 0 Å². The van der Waals surface area contributed by atoms with Crippen molar-refractivity contribution in [3.05, 3.63) is 29.8 Å². The maximum absolute atomic E-state index is 5.58. The summed E-state index contributed by atoms with van der Waals surface area (Å²) in [5.41, 5.74) is 2.71. The second-order valence-corrected chi connectivity index (χ2v) is 5.54. The Bertz CT molecular complexity index is 354. The maximum atomic E-state index is 5.58. The minimum absolute atomic E-state index is 0.482. The molecule has 1 N–H and O–H groups in total. The van der Waals surface area contributed by atoms with Crippen molar-refractivity contribution in [1.82, 2.24) is 0 Å². The van der Waals surface area contributed by atoms with Crippen LogP contribution in [0.4, 0.5) is 5.69 Å². The molecule has 0 spiro atoms. The first-order valence-electron chi connectivity index (χ1n) is 7.79. The van der Waals surface area contributed by atoms with Crippen LogP contribution in [0.5, 0.6) is 0 Å². The van der Waals surface area contributed by atoms with E-state index in [0.29, 0.717) is 12.1 Å². The summed E-state index contributed by atoms with van der Waals surface area (Å²) < 4.78 is 5.58. The molecule has 0 radical (unpaired) electrons. The second-order valence-electron chi connectivity index (χ2n) is 5.54. The van der Waals surface area contributed by atoms with Gasteiger partial charge in [-0.05, 0) is 50.3 Å². The molecule has 0 unspecified atom stereocenters. The van der Waals surface area contributed by atoms with E-state index in [4.69, 9.17) is 4.74 Å². The quantitative estimate of drug-likeness (QED) is 0.700. The van der Waals surface area contributed by atoms with Gasteiger partial charge in [0.1, 0.15) is 0 Å². The summed E-state index contributed by atoms with van der Waals surface area (Å²) >= 11 is 0. The summed E-state index contributed by atoms with van der Waals surface area (Å²) in [6, 6.07) is 9.56. The van der Waals surface area contributed by atoms with Crippen LogP contribution >= 0.6 is 0 Å². The molecule has 1 aromatic carbocycles. The van der Waals surface area contributed by atoms with Gasteiger partial charge in [0.25, 0.3) is 0 Å². The van der Waals surface area contributed by atoms with Crippen LogP contribution in [0.1, 0.15) is 51.5 Å². The first kappa shape index (κ1) is 14.4. The van der Waals surface area contributed by atoms with E-state index in [1.165, 1.54) is 36.9 Å². The van der Waals surface area contributed by atoms with E-state index in [-0.39, 0.29) is 0 Å². The van der Waals surface area contributed by atoms with Crippen molar-refractivity contribution in [1.29, 1.82) is 0 Å². The van der Waals surface area contributed by atoms with Crippen LogP contribution in [0.2, 0.25) is 0 Å². The zero-order chi connectivity index (χ0) is 13.5. The lowest BCUT2D eigenvalue weighted by Gasteiger charge is -2.36. The van der Waals surface area contributed by atoms with E-state index < -0.39 is 0 Å². The van der Waals surface area contributed by atoms with Gasteiger partial charge in [-0.25, -0.2) is 0 Å². The Morgan fingerprint density at radius 1 is 1.11 bits per heavy atom. The number of anilines is 1. The van der Waals surface area contributed by atoms with Gasteiger partial charge < -0.3 is 10.1 Å². The normalized spacial score (nSPS) is 22.0. The summed E-state index contributed by atoms with van der Waals surface area (Å²) in [7, 11) is 0. The molecule has 2 nitrogen and oxygen atoms in total. The van der Waals surface area contributed by atoms with Gasteiger partial charge in [-0.1, -0.05) is 31.9 Å². The van der Waals surface area contributed by atoms with Crippen molar-refractivity contribution < 1.29 is 4.74 Å². The molecule has 2 heteroatoms. The van der Waals surface area contributed by atoms with Gasteiger partial charge in [-0.3, -0.25) is 0 Å². The first-order chi connectivity index (χ1) is 9.31. The highest BCUT2D eigenvalue weighted by molar-refractivity contribution is 5.46. The largest absolute Gasteiger partial charge is 0.382 e. The van der Waals surface area contributed by atoms with Crippen LogP contribution in [0.15, 0.2) is 24.3 Å². The fourth-order valence-corrected chi connectivity index (χ4v) is 2.64. The number of unbranched alkanes of at least 4 members (excludes halogenated alkanes) is 2. The zero-order valence-corrected chi connectivity index (χ0v) is 12.3. The Morgan fingerprint density at radius 3 is 2.47 bits per heavy atom. The molecular weight excluding hydrogens is 234 g/mol. The van der Waals surface area contributed by atoms with Crippen molar-refractivity contribution in [2.75, 3.05) is 11.9 Å². The monoisotopic (exact) mass is 261 g/mol. The molecule has 1 saturated carbocycles. The third-order valence-electron chi connectivity index (χ3n) is 3.89. The fourth-order valence-electron chi connectivity index (χ4n) is 2.64. The average Bonchev–Trinajstić information content (AvgIpc) is 2.38. The third kappa shape index (κ3) is 4.54. The highest BCUT2D eigenvalue weighted by Gasteiger charge is 2.29. The lowest BCUT2D eigenvalue weighted by Crippen LogP contribution is -2.40. The Balaban J connectivity index is 1.70. The Hall–Kier alpha value is -1.02. The Morgan fingerprint density at radius 2 is 1.84 bits per heavy atom. The van der Waals surface area contributed by atoms with Crippen LogP contribution in [-0.4, -0.2) is 18.8 Å². The van der Waals surface area contributed by atoms with Crippen LogP contribution < -0.4 is 5.32 Å². The van der Waals surface area contributed by atoms with Gasteiger partial charge >= 0.3 is 0 Å². The molecule has 0 aliphatic heterocycles. The van der Waals surface area contributed by atoms with E-state index in [0.717, 1.165) is 19.4 Å². The van der Waals surface area contributed by atoms with Crippen molar-refractivity contribution >= 4 is 5.69 Å². The predicted octanol–water partition coefficient (Wildman–Crippen LogP) is 4.40. The Labute approximate surface area is 117 Å². The summed E-state index contributed by atoms with van der Waals surface area (Å²) in [4.78, 5) is 0. The van der Waals surface area contributed by atoms with Gasteiger partial charge in [0.15, 0.2) is 0 Å². The molecule has 1 aliphatic rings. The highest BCUT2D eigenvalue weighted by atomic mass is 16.5. The minimum atomic E-state index is 0.482. The standard InChI is InChI=1S/C17H27NO/c1-3-5-6-7-14-8-10-15(11-9-14)18-16-12-17(13-16)19-4-2/h8-11,16-18H,3-7,12-13H2,1-2H3. The van der Waals surface area contributed by atoms with E-state index in [1.54, 1.807) is 0 Å². The van der Waals surface area contributed by atoms with E-state index in [9.17, 15) is 0 Å². The molecule has 0 aromatic heterocycles. The first-order valence-corrected chi connectivity index (χ1v) is 7.79. The molecule has 106 valence electrons. The van der Waals surface area contributed by atoms with Gasteiger partial charge in [0.05, 0.1) is 6.10 Å². The molecule has 19 heavy (non-hydrogen) atoms. The minimum Gasteiger partial charge on any atom is -0.382 e. The SMILES string of the molecule is CCCCCc1ccc(NC2CC(OCC)C2)cc1. The number of benzene rings is 1. The molecule has 1 aromatic rings. The summed E-state index contributed by atoms with van der Waals surface area (Å²) in [5.74, 6) is 0. The number of hydrogen-bond acceptors (Lipinski definition) is 2. The Kier molecular flexibility index (Phi) is 5.71. The lowest BCUT2D eigenvalue weighted by atomic mass is 9.89. The lowest BCUT2D eigenvalue weighted by molar-refractivity contribution is 0.00299. The molecule has 0 heterocycles. The number of rotatable bonds is 8. The van der Waals surface area contributed by atoms with E-state index in [1.807, 2.05) is 0 Å². The third-order valence-corrected chi connectivity index (χ3v) is 3.89. The molecule has 0 amide bonds. The second kappa shape index (κ2) is 7.54. The molecule has 0 bridgehead atoms. The van der Waals surface area contributed by atoms with Crippen molar-refractivity contribution in [3.63, 3.8) is 0 Å². The topological polar surface area (TPSA) is 21.3 Å². The maximum Gasteiger partial charge on any atom is 0.0614 e. The van der Waals surface area contributed by atoms with Gasteiger partial charge in [-0.2, -0.15) is 0 Å². The molecule has 0 saturated heterocycles. The van der Waals surface area contributed by atoms with Gasteiger partial charge in [-0.15, -0.1) is 0 Å². The molecule has 1 aliphatic carbocycles. The van der Waals surface area contributed by atoms with Gasteiger partial charge in [0, 0.05) is 18.3 Å². The number of hydrogen-bond donors (Lipinski definition) is 1. The van der Waals surface area contributed by atoms with Crippen LogP contribution in [0, 0.1) is 0 Å². The number of nitrogens with one attached hydrogen (secondary N) is 1. The molecule has 1 fully saturated rings. The highest BCUT2D eigenvalue weighted by Crippen LogP contribution is 2.26. The summed E-state index contributed by atoms with van der Waals surface area (Å²) in [6.45, 7) is 5.16. The molecular formula is C17H27NO. The van der Waals surface area contributed by atoms with Crippen molar-refractivity contribution in [2.24, 2.45) is 0 Å². The van der Waals surface area contributed by atoms with E-state index >= 15 is 0 Å². The smallest absolute Gasteiger partial charge is 0.0614 e. The summed E-state index contributed by atoms with van der Waals surface area (Å²) in [6.07, 6.45) is 7.92. The average molecular weight is 261 g/mol. The predicted molar refractivity (Wildman–Crippen MR) is 81.7 cm³/mol. The molecule has 2 rings (SSSR count). The zero-order valence-electron chi connectivity index (χ0n) is 12.3. The van der Waals surface area contributed by atoms with Crippen molar-refractivity contribution in [2.45, 2.75) is 64.5 Å². The van der Waals surface area contributed by atoms with Crippen LogP contribution in [0.25, 0.3) is 0 Å². The fraction of sp³-hybridized carbons (Fsp3) is 0.647. The van der Waals surface area contributed by atoms with Crippen molar-refractivity contribution in [3.8, 4) is 0 Å². The molecule has 0 atom stereocenters. The van der Waals surface area contributed by atoms with E-state index in [2.05, 4.69) is 43.4 Å².